The van der Waals surface area contributed by atoms with Crippen molar-refractivity contribution >= 4 is 23.0 Å². The third kappa shape index (κ3) is 2.45. The van der Waals surface area contributed by atoms with Crippen molar-refractivity contribution in [2.24, 2.45) is 0 Å². The average Bonchev–Trinajstić information content (AvgIpc) is 2.83. The van der Waals surface area contributed by atoms with Gasteiger partial charge in [0.2, 0.25) is 0 Å². The molecule has 0 aliphatic heterocycles. The van der Waals surface area contributed by atoms with Crippen molar-refractivity contribution in [3.8, 4) is 0 Å². The molecule has 1 aromatic heterocycles. The first-order valence-electron chi connectivity index (χ1n) is 4.88. The smallest absolute Gasteiger partial charge is 0.171 e. The quantitative estimate of drug-likeness (QED) is 0.739. The summed E-state index contributed by atoms with van der Waals surface area (Å²) in [6.07, 6.45) is 6.19. The number of hydrogen-bond donors (Lipinski definition) is 2. The second-order valence-electron chi connectivity index (χ2n) is 3.46. The normalized spacial score (nSPS) is 15.2. The summed E-state index contributed by atoms with van der Waals surface area (Å²) < 4.78 is 1.86. The van der Waals surface area contributed by atoms with Gasteiger partial charge in [-0.15, -0.1) is 0 Å². The molecule has 1 aromatic rings. The van der Waals surface area contributed by atoms with Gasteiger partial charge in [-0.3, -0.25) is 4.68 Å². The van der Waals surface area contributed by atoms with Gasteiger partial charge in [-0.05, 0) is 32.0 Å². The summed E-state index contributed by atoms with van der Waals surface area (Å²) in [5, 5.41) is 11.2. The SMILES string of the molecule is CCn1cc(NC(=S)NC2CC2)cn1. The first-order chi connectivity index (χ1) is 6.78. The van der Waals surface area contributed by atoms with Crippen LogP contribution in [0.5, 0.6) is 0 Å². The van der Waals surface area contributed by atoms with Crippen molar-refractivity contribution in [2.75, 3.05) is 5.32 Å². The Morgan fingerprint density at radius 1 is 1.71 bits per heavy atom. The number of aromatic nitrogens is 2. The molecule has 0 radical (unpaired) electrons. The lowest BCUT2D eigenvalue weighted by molar-refractivity contribution is 0.660. The van der Waals surface area contributed by atoms with Crippen molar-refractivity contribution in [3.63, 3.8) is 0 Å². The van der Waals surface area contributed by atoms with E-state index >= 15 is 0 Å². The molecule has 0 spiro atoms. The monoisotopic (exact) mass is 210 g/mol. The van der Waals surface area contributed by atoms with Crippen LogP contribution in [0.1, 0.15) is 19.8 Å². The predicted octanol–water partition coefficient (Wildman–Crippen LogP) is 1.35. The Balaban J connectivity index is 1.85. The number of aryl methyl sites for hydroxylation is 1. The fourth-order valence-electron chi connectivity index (χ4n) is 1.18. The second-order valence-corrected chi connectivity index (χ2v) is 3.87. The zero-order valence-corrected chi connectivity index (χ0v) is 8.97. The molecule has 1 saturated carbocycles. The highest BCUT2D eigenvalue weighted by molar-refractivity contribution is 7.80. The lowest BCUT2D eigenvalue weighted by Gasteiger charge is -2.06. The van der Waals surface area contributed by atoms with Gasteiger partial charge < -0.3 is 10.6 Å². The molecule has 0 aromatic carbocycles. The van der Waals surface area contributed by atoms with Crippen molar-refractivity contribution in [1.29, 1.82) is 0 Å². The van der Waals surface area contributed by atoms with Crippen molar-refractivity contribution in [2.45, 2.75) is 32.4 Å². The molecule has 1 fully saturated rings. The summed E-state index contributed by atoms with van der Waals surface area (Å²) >= 11 is 5.14. The zero-order valence-electron chi connectivity index (χ0n) is 8.16. The summed E-state index contributed by atoms with van der Waals surface area (Å²) in [6, 6.07) is 0.594. The van der Waals surface area contributed by atoms with Crippen LogP contribution in [0, 0.1) is 0 Å². The fourth-order valence-corrected chi connectivity index (χ4v) is 1.47. The van der Waals surface area contributed by atoms with Crippen LogP contribution >= 0.6 is 12.2 Å². The van der Waals surface area contributed by atoms with Crippen LogP contribution in [0.15, 0.2) is 12.4 Å². The molecule has 2 N–H and O–H groups in total. The van der Waals surface area contributed by atoms with E-state index in [1.165, 1.54) is 12.8 Å². The van der Waals surface area contributed by atoms with E-state index < -0.39 is 0 Å². The number of nitrogens with one attached hydrogen (secondary N) is 2. The first-order valence-corrected chi connectivity index (χ1v) is 5.28. The number of rotatable bonds is 3. The molecular formula is C9H14N4S. The van der Waals surface area contributed by atoms with E-state index in [0.29, 0.717) is 11.2 Å². The minimum atomic E-state index is 0.594. The predicted molar refractivity (Wildman–Crippen MR) is 60.3 cm³/mol. The van der Waals surface area contributed by atoms with Gasteiger partial charge in [0.1, 0.15) is 0 Å². The maximum atomic E-state index is 5.14. The summed E-state index contributed by atoms with van der Waals surface area (Å²) in [6.45, 7) is 2.93. The molecule has 14 heavy (non-hydrogen) atoms. The minimum absolute atomic E-state index is 0.594. The molecule has 1 aliphatic rings. The molecule has 0 bridgehead atoms. The van der Waals surface area contributed by atoms with Gasteiger partial charge in [0, 0.05) is 18.8 Å². The van der Waals surface area contributed by atoms with Crippen LogP contribution in [0.4, 0.5) is 5.69 Å². The Bertz CT molecular complexity index is 329. The van der Waals surface area contributed by atoms with E-state index in [9.17, 15) is 0 Å². The van der Waals surface area contributed by atoms with Crippen LogP contribution in [-0.4, -0.2) is 20.9 Å². The average molecular weight is 210 g/mol. The van der Waals surface area contributed by atoms with E-state index in [0.717, 1.165) is 12.2 Å². The van der Waals surface area contributed by atoms with Gasteiger partial charge in [0.25, 0.3) is 0 Å². The summed E-state index contributed by atoms with van der Waals surface area (Å²) in [5.74, 6) is 0. The van der Waals surface area contributed by atoms with Crippen molar-refractivity contribution in [3.05, 3.63) is 12.4 Å². The molecule has 5 heteroatoms. The van der Waals surface area contributed by atoms with Gasteiger partial charge in [-0.1, -0.05) is 0 Å². The Kier molecular flexibility index (Phi) is 2.67. The van der Waals surface area contributed by atoms with Crippen LogP contribution < -0.4 is 10.6 Å². The van der Waals surface area contributed by atoms with E-state index in [2.05, 4.69) is 22.7 Å². The standard InChI is InChI=1S/C9H14N4S/c1-2-13-6-8(5-10-13)12-9(14)11-7-3-4-7/h5-7H,2-4H2,1H3,(H2,11,12,14). The maximum Gasteiger partial charge on any atom is 0.171 e. The molecule has 0 unspecified atom stereocenters. The fraction of sp³-hybridized carbons (Fsp3) is 0.556. The molecular weight excluding hydrogens is 196 g/mol. The van der Waals surface area contributed by atoms with Crippen molar-refractivity contribution in [1.82, 2.24) is 15.1 Å². The lowest BCUT2D eigenvalue weighted by Crippen LogP contribution is -2.29. The minimum Gasteiger partial charge on any atom is -0.360 e. The largest absolute Gasteiger partial charge is 0.360 e. The number of hydrogen-bond acceptors (Lipinski definition) is 2. The number of nitrogens with zero attached hydrogens (tertiary/aromatic N) is 2. The summed E-state index contributed by atoms with van der Waals surface area (Å²) in [4.78, 5) is 0. The second kappa shape index (κ2) is 3.96. The van der Waals surface area contributed by atoms with Gasteiger partial charge in [0.15, 0.2) is 5.11 Å². The van der Waals surface area contributed by atoms with E-state index in [1.54, 1.807) is 6.20 Å². The van der Waals surface area contributed by atoms with Crippen LogP contribution in [0.25, 0.3) is 0 Å². The third-order valence-electron chi connectivity index (χ3n) is 2.13. The molecule has 2 rings (SSSR count). The zero-order chi connectivity index (χ0) is 9.97. The van der Waals surface area contributed by atoms with Crippen LogP contribution in [0.2, 0.25) is 0 Å². The Morgan fingerprint density at radius 2 is 2.50 bits per heavy atom. The summed E-state index contributed by atoms with van der Waals surface area (Å²) in [5.41, 5.74) is 0.949. The molecule has 4 nitrogen and oxygen atoms in total. The molecule has 1 aliphatic carbocycles. The van der Waals surface area contributed by atoms with Gasteiger partial charge in [-0.25, -0.2) is 0 Å². The highest BCUT2D eigenvalue weighted by Crippen LogP contribution is 2.18. The maximum absolute atomic E-state index is 5.14. The number of anilines is 1. The molecule has 0 atom stereocenters. The lowest BCUT2D eigenvalue weighted by atomic mass is 10.5. The topological polar surface area (TPSA) is 41.9 Å². The first kappa shape index (κ1) is 9.45. The van der Waals surface area contributed by atoms with Crippen molar-refractivity contribution < 1.29 is 0 Å². The van der Waals surface area contributed by atoms with Gasteiger partial charge >= 0.3 is 0 Å². The van der Waals surface area contributed by atoms with E-state index in [4.69, 9.17) is 12.2 Å². The Labute approximate surface area is 88.7 Å². The Morgan fingerprint density at radius 3 is 3.07 bits per heavy atom. The number of thiocarbonyl (C=S) groups is 1. The molecule has 0 amide bonds. The Hall–Kier alpha value is -1.10. The van der Waals surface area contributed by atoms with Gasteiger partial charge in [-0.2, -0.15) is 5.10 Å². The van der Waals surface area contributed by atoms with E-state index in [1.807, 2.05) is 10.9 Å². The summed E-state index contributed by atoms with van der Waals surface area (Å²) in [7, 11) is 0. The molecule has 0 saturated heterocycles. The highest BCUT2D eigenvalue weighted by atomic mass is 32.1. The highest BCUT2D eigenvalue weighted by Gasteiger charge is 2.21. The molecule has 76 valence electrons. The van der Waals surface area contributed by atoms with E-state index in [-0.39, 0.29) is 0 Å². The third-order valence-corrected chi connectivity index (χ3v) is 2.35. The van der Waals surface area contributed by atoms with Crippen LogP contribution in [-0.2, 0) is 6.54 Å². The van der Waals surface area contributed by atoms with Crippen LogP contribution in [0.3, 0.4) is 0 Å². The molecule has 1 heterocycles. The van der Waals surface area contributed by atoms with Gasteiger partial charge in [0.05, 0.1) is 11.9 Å².